The summed E-state index contributed by atoms with van der Waals surface area (Å²) in [4.78, 5) is 16.2. The highest BCUT2D eigenvalue weighted by Crippen LogP contribution is 2.17. The highest BCUT2D eigenvalue weighted by molar-refractivity contribution is 6.30. The van der Waals surface area contributed by atoms with Crippen molar-refractivity contribution in [3.63, 3.8) is 0 Å². The molecule has 0 bridgehead atoms. The first-order valence-corrected chi connectivity index (χ1v) is 6.69. The number of carbonyl (C=O) groups is 1. The number of aromatic nitrogens is 3. The van der Waals surface area contributed by atoms with Gasteiger partial charge in [0.1, 0.15) is 5.82 Å². The lowest BCUT2D eigenvalue weighted by Gasteiger charge is -2.12. The zero-order valence-electron chi connectivity index (χ0n) is 11.7. The van der Waals surface area contributed by atoms with Crippen LogP contribution < -0.4 is 5.32 Å². The molecule has 20 heavy (non-hydrogen) atoms. The van der Waals surface area contributed by atoms with Crippen LogP contribution >= 0.6 is 11.6 Å². The maximum atomic E-state index is 12.0. The van der Waals surface area contributed by atoms with Gasteiger partial charge in [0.25, 0.3) is 5.91 Å². The maximum Gasteiger partial charge on any atom is 0.291 e. The lowest BCUT2D eigenvalue weighted by molar-refractivity contribution is 0.0941. The zero-order valence-corrected chi connectivity index (χ0v) is 12.5. The Kier molecular flexibility index (Phi) is 4.09. The molecule has 1 heterocycles. The fourth-order valence-corrected chi connectivity index (χ4v) is 1.82. The van der Waals surface area contributed by atoms with Crippen LogP contribution in [0, 0.1) is 0 Å². The number of hydrogen-bond donors (Lipinski definition) is 2. The normalized spacial score (nSPS) is 11.4. The van der Waals surface area contributed by atoms with E-state index in [0.29, 0.717) is 17.4 Å². The van der Waals surface area contributed by atoms with Gasteiger partial charge in [0.05, 0.1) is 0 Å². The van der Waals surface area contributed by atoms with E-state index in [1.807, 2.05) is 32.9 Å². The molecule has 0 saturated carbocycles. The SMILES string of the molecule is CC(C)(C)c1nc(C(=O)NCc2cccc(Cl)c2)n[nH]1. The summed E-state index contributed by atoms with van der Waals surface area (Å²) in [6.07, 6.45) is 0. The number of benzene rings is 1. The zero-order chi connectivity index (χ0) is 14.8. The predicted molar refractivity (Wildman–Crippen MR) is 77.7 cm³/mol. The van der Waals surface area contributed by atoms with E-state index in [1.165, 1.54) is 0 Å². The first kappa shape index (κ1) is 14.5. The van der Waals surface area contributed by atoms with Crippen LogP contribution in [0.3, 0.4) is 0 Å². The summed E-state index contributed by atoms with van der Waals surface area (Å²) in [5.41, 5.74) is 0.760. The first-order valence-electron chi connectivity index (χ1n) is 6.32. The molecule has 0 spiro atoms. The molecule has 5 nitrogen and oxygen atoms in total. The molecule has 1 aromatic heterocycles. The molecule has 6 heteroatoms. The summed E-state index contributed by atoms with van der Waals surface area (Å²) in [7, 11) is 0. The van der Waals surface area contributed by atoms with Crippen molar-refractivity contribution >= 4 is 17.5 Å². The van der Waals surface area contributed by atoms with Crippen LogP contribution in [0.1, 0.15) is 42.8 Å². The molecule has 2 rings (SSSR count). The largest absolute Gasteiger partial charge is 0.345 e. The minimum atomic E-state index is -0.309. The van der Waals surface area contributed by atoms with Gasteiger partial charge in [-0.1, -0.05) is 44.5 Å². The van der Waals surface area contributed by atoms with E-state index >= 15 is 0 Å². The van der Waals surface area contributed by atoms with Crippen molar-refractivity contribution < 1.29 is 4.79 Å². The molecule has 1 amide bonds. The Balaban J connectivity index is 2.00. The van der Waals surface area contributed by atoms with Crippen LogP contribution in [0.25, 0.3) is 0 Å². The fourth-order valence-electron chi connectivity index (χ4n) is 1.61. The molecule has 0 unspecified atom stereocenters. The summed E-state index contributed by atoms with van der Waals surface area (Å²) >= 11 is 5.89. The number of hydrogen-bond acceptors (Lipinski definition) is 3. The molecule has 0 atom stereocenters. The molecule has 2 aromatic rings. The van der Waals surface area contributed by atoms with Crippen molar-refractivity contribution in [3.8, 4) is 0 Å². The molecule has 2 N–H and O–H groups in total. The van der Waals surface area contributed by atoms with Gasteiger partial charge in [-0.3, -0.25) is 9.89 Å². The van der Waals surface area contributed by atoms with Gasteiger partial charge in [-0.25, -0.2) is 4.98 Å². The summed E-state index contributed by atoms with van der Waals surface area (Å²) in [6, 6.07) is 7.33. The fraction of sp³-hybridized carbons (Fsp3) is 0.357. The summed E-state index contributed by atoms with van der Waals surface area (Å²) < 4.78 is 0. The Morgan fingerprint density at radius 3 is 2.75 bits per heavy atom. The molecule has 0 saturated heterocycles. The summed E-state index contributed by atoms with van der Waals surface area (Å²) in [5.74, 6) is 0.527. The Morgan fingerprint density at radius 1 is 1.40 bits per heavy atom. The number of H-pyrrole nitrogens is 1. The van der Waals surface area contributed by atoms with Gasteiger partial charge in [0, 0.05) is 17.0 Å². The topological polar surface area (TPSA) is 70.7 Å². The van der Waals surface area contributed by atoms with E-state index < -0.39 is 0 Å². The van der Waals surface area contributed by atoms with Crippen LogP contribution in [0.15, 0.2) is 24.3 Å². The van der Waals surface area contributed by atoms with E-state index in [9.17, 15) is 4.79 Å². The Morgan fingerprint density at radius 2 is 2.15 bits per heavy atom. The Bertz CT molecular complexity index is 616. The number of nitrogens with zero attached hydrogens (tertiary/aromatic N) is 2. The third kappa shape index (κ3) is 3.57. The van der Waals surface area contributed by atoms with Crippen LogP contribution in [-0.4, -0.2) is 21.1 Å². The monoisotopic (exact) mass is 292 g/mol. The molecule has 0 aliphatic heterocycles. The molecular weight excluding hydrogens is 276 g/mol. The lowest BCUT2D eigenvalue weighted by Crippen LogP contribution is -2.24. The quantitative estimate of drug-likeness (QED) is 0.914. The van der Waals surface area contributed by atoms with Gasteiger partial charge in [-0.2, -0.15) is 0 Å². The Hall–Kier alpha value is -1.88. The average molecular weight is 293 g/mol. The minimum absolute atomic E-state index is 0.150. The van der Waals surface area contributed by atoms with Gasteiger partial charge in [-0.15, -0.1) is 5.10 Å². The molecule has 0 aliphatic rings. The number of rotatable bonds is 3. The van der Waals surface area contributed by atoms with E-state index in [2.05, 4.69) is 20.5 Å². The highest BCUT2D eigenvalue weighted by Gasteiger charge is 2.21. The standard InChI is InChI=1S/C14H17ClN4O/c1-14(2,3)13-17-11(18-19-13)12(20)16-8-9-5-4-6-10(15)7-9/h4-7H,8H2,1-3H3,(H,16,20)(H,17,18,19). The lowest BCUT2D eigenvalue weighted by atomic mass is 9.96. The van der Waals surface area contributed by atoms with Crippen molar-refractivity contribution in [3.05, 3.63) is 46.5 Å². The number of aromatic amines is 1. The molecule has 1 aromatic carbocycles. The first-order chi connectivity index (χ1) is 9.36. The number of nitrogens with one attached hydrogen (secondary N) is 2. The number of amides is 1. The smallest absolute Gasteiger partial charge is 0.291 e. The second-order valence-corrected chi connectivity index (χ2v) is 6.01. The number of halogens is 1. The third-order valence-electron chi connectivity index (χ3n) is 2.74. The van der Waals surface area contributed by atoms with E-state index in [1.54, 1.807) is 12.1 Å². The summed E-state index contributed by atoms with van der Waals surface area (Å²) in [6.45, 7) is 6.39. The molecule has 0 aliphatic carbocycles. The van der Waals surface area contributed by atoms with Crippen molar-refractivity contribution in [2.24, 2.45) is 0 Å². The van der Waals surface area contributed by atoms with Crippen LogP contribution in [-0.2, 0) is 12.0 Å². The van der Waals surface area contributed by atoms with Crippen LogP contribution in [0.2, 0.25) is 5.02 Å². The van der Waals surface area contributed by atoms with Gasteiger partial charge < -0.3 is 5.32 Å². The van der Waals surface area contributed by atoms with Gasteiger partial charge in [0.15, 0.2) is 0 Å². The summed E-state index contributed by atoms with van der Waals surface area (Å²) in [5, 5.41) is 10.1. The van der Waals surface area contributed by atoms with Crippen LogP contribution in [0.4, 0.5) is 0 Å². The van der Waals surface area contributed by atoms with Crippen molar-refractivity contribution in [2.45, 2.75) is 32.7 Å². The van der Waals surface area contributed by atoms with Gasteiger partial charge in [-0.05, 0) is 17.7 Å². The average Bonchev–Trinajstić information content (AvgIpc) is 2.85. The second kappa shape index (κ2) is 5.63. The third-order valence-corrected chi connectivity index (χ3v) is 2.98. The van der Waals surface area contributed by atoms with Gasteiger partial charge >= 0.3 is 0 Å². The maximum absolute atomic E-state index is 12.0. The molecule has 106 valence electrons. The van der Waals surface area contributed by atoms with E-state index in [4.69, 9.17) is 11.6 Å². The van der Waals surface area contributed by atoms with Crippen LogP contribution in [0.5, 0.6) is 0 Å². The highest BCUT2D eigenvalue weighted by atomic mass is 35.5. The van der Waals surface area contributed by atoms with Crippen molar-refractivity contribution in [2.75, 3.05) is 0 Å². The van der Waals surface area contributed by atoms with Crippen molar-refractivity contribution in [1.29, 1.82) is 0 Å². The van der Waals surface area contributed by atoms with Gasteiger partial charge in [0.2, 0.25) is 5.82 Å². The molecule has 0 fully saturated rings. The van der Waals surface area contributed by atoms with Crippen molar-refractivity contribution in [1.82, 2.24) is 20.5 Å². The van der Waals surface area contributed by atoms with E-state index in [0.717, 1.165) is 5.56 Å². The Labute approximate surface area is 122 Å². The number of carbonyl (C=O) groups excluding carboxylic acids is 1. The predicted octanol–water partition coefficient (Wildman–Crippen LogP) is 2.69. The molecular formula is C14H17ClN4O. The molecule has 0 radical (unpaired) electrons. The second-order valence-electron chi connectivity index (χ2n) is 5.57. The minimum Gasteiger partial charge on any atom is -0.345 e. The van der Waals surface area contributed by atoms with E-state index in [-0.39, 0.29) is 17.1 Å².